The van der Waals surface area contributed by atoms with Crippen molar-refractivity contribution in [2.75, 3.05) is 5.43 Å². The monoisotopic (exact) mass is 200 g/mol. The topological polar surface area (TPSA) is 38.0 Å². The van der Waals surface area contributed by atoms with Gasteiger partial charge in [0.15, 0.2) is 0 Å². The Morgan fingerprint density at radius 3 is 2.71 bits per heavy atom. The molecule has 14 heavy (non-hydrogen) atoms. The van der Waals surface area contributed by atoms with Gasteiger partial charge in [-0.15, -0.1) is 0 Å². The maximum absolute atomic E-state index is 13.4. The summed E-state index contributed by atoms with van der Waals surface area (Å²) in [4.78, 5) is 0. The van der Waals surface area contributed by atoms with E-state index in [9.17, 15) is 8.78 Å². The zero-order valence-electron chi connectivity index (χ0n) is 8.06. The number of hydrogen-bond donors (Lipinski definition) is 2. The van der Waals surface area contributed by atoms with E-state index in [1.807, 2.05) is 0 Å². The Balaban J connectivity index is 2.93. The first-order valence-corrected chi connectivity index (χ1v) is 4.55. The third-order valence-corrected chi connectivity index (χ3v) is 2.02. The SMILES string of the molecule is CCCC(F)(F)c1cccc(NN)c1. The average molecular weight is 200 g/mol. The van der Waals surface area contributed by atoms with Gasteiger partial charge in [0, 0.05) is 17.7 Å². The lowest BCUT2D eigenvalue weighted by atomic mass is 10.0. The molecular weight excluding hydrogens is 186 g/mol. The van der Waals surface area contributed by atoms with Gasteiger partial charge in [-0.2, -0.15) is 0 Å². The molecule has 0 saturated heterocycles. The highest BCUT2D eigenvalue weighted by Gasteiger charge is 2.30. The van der Waals surface area contributed by atoms with Crippen LogP contribution >= 0.6 is 0 Å². The number of alkyl halides is 2. The van der Waals surface area contributed by atoms with Gasteiger partial charge in [-0.1, -0.05) is 25.5 Å². The van der Waals surface area contributed by atoms with Crippen molar-refractivity contribution in [2.45, 2.75) is 25.7 Å². The Morgan fingerprint density at radius 1 is 1.43 bits per heavy atom. The second kappa shape index (κ2) is 4.37. The zero-order chi connectivity index (χ0) is 10.6. The van der Waals surface area contributed by atoms with Gasteiger partial charge in [0.25, 0.3) is 5.92 Å². The molecular formula is C10H14F2N2. The van der Waals surface area contributed by atoms with Crippen LogP contribution in [0.1, 0.15) is 25.3 Å². The molecule has 78 valence electrons. The predicted molar refractivity (Wildman–Crippen MR) is 53.1 cm³/mol. The number of nitrogen functional groups attached to an aromatic ring is 1. The molecule has 0 radical (unpaired) electrons. The Hall–Kier alpha value is -1.16. The molecule has 0 bridgehead atoms. The Bertz CT molecular complexity index is 300. The Labute approximate surface area is 82.1 Å². The summed E-state index contributed by atoms with van der Waals surface area (Å²) < 4.78 is 26.8. The van der Waals surface area contributed by atoms with Crippen LogP contribution < -0.4 is 11.3 Å². The standard InChI is InChI=1S/C10H14F2N2/c1-2-6-10(11,12)8-4-3-5-9(7-8)14-13/h3-5,7,14H,2,6,13H2,1H3. The van der Waals surface area contributed by atoms with Crippen LogP contribution in [-0.4, -0.2) is 0 Å². The fraction of sp³-hybridized carbons (Fsp3) is 0.400. The molecule has 0 fully saturated rings. The van der Waals surface area contributed by atoms with Gasteiger partial charge in [-0.25, -0.2) is 8.78 Å². The number of anilines is 1. The van der Waals surface area contributed by atoms with Gasteiger partial charge in [-0.3, -0.25) is 5.84 Å². The summed E-state index contributed by atoms with van der Waals surface area (Å²) in [6, 6.07) is 5.99. The molecule has 0 heterocycles. The second-order valence-corrected chi connectivity index (χ2v) is 3.18. The number of nitrogens with one attached hydrogen (secondary N) is 1. The lowest BCUT2D eigenvalue weighted by Crippen LogP contribution is -2.14. The Kier molecular flexibility index (Phi) is 3.41. The molecule has 0 saturated carbocycles. The molecule has 2 nitrogen and oxygen atoms in total. The van der Waals surface area contributed by atoms with E-state index in [1.54, 1.807) is 19.1 Å². The van der Waals surface area contributed by atoms with E-state index in [1.165, 1.54) is 12.1 Å². The van der Waals surface area contributed by atoms with Crippen molar-refractivity contribution < 1.29 is 8.78 Å². The van der Waals surface area contributed by atoms with Crippen LogP contribution in [0, 0.1) is 0 Å². The van der Waals surface area contributed by atoms with Gasteiger partial charge < -0.3 is 5.43 Å². The normalized spacial score (nSPS) is 11.4. The van der Waals surface area contributed by atoms with Gasteiger partial charge >= 0.3 is 0 Å². The molecule has 0 amide bonds. The van der Waals surface area contributed by atoms with Crippen LogP contribution in [0.25, 0.3) is 0 Å². The van der Waals surface area contributed by atoms with Crippen molar-refractivity contribution in [1.82, 2.24) is 0 Å². The molecule has 0 aliphatic rings. The van der Waals surface area contributed by atoms with Gasteiger partial charge in [-0.05, 0) is 12.1 Å². The summed E-state index contributed by atoms with van der Waals surface area (Å²) in [6.07, 6.45) is 0.314. The lowest BCUT2D eigenvalue weighted by Gasteiger charge is -2.16. The van der Waals surface area contributed by atoms with E-state index in [4.69, 9.17) is 5.84 Å². The quantitative estimate of drug-likeness (QED) is 0.579. The highest BCUT2D eigenvalue weighted by molar-refractivity contribution is 5.45. The molecule has 1 aromatic carbocycles. The third kappa shape index (κ3) is 2.42. The maximum atomic E-state index is 13.4. The molecule has 1 rings (SSSR count). The summed E-state index contributed by atoms with van der Waals surface area (Å²) >= 11 is 0. The van der Waals surface area contributed by atoms with Crippen molar-refractivity contribution in [1.29, 1.82) is 0 Å². The Morgan fingerprint density at radius 2 is 2.14 bits per heavy atom. The minimum atomic E-state index is -2.76. The van der Waals surface area contributed by atoms with Gasteiger partial charge in [0.05, 0.1) is 0 Å². The summed E-state index contributed by atoms with van der Waals surface area (Å²) in [5, 5.41) is 0. The van der Waals surface area contributed by atoms with Gasteiger partial charge in [0.1, 0.15) is 0 Å². The number of rotatable bonds is 4. The smallest absolute Gasteiger partial charge is 0.273 e. The van der Waals surface area contributed by atoms with Crippen molar-refractivity contribution in [3.63, 3.8) is 0 Å². The van der Waals surface area contributed by atoms with Crippen LogP contribution in [0.4, 0.5) is 14.5 Å². The van der Waals surface area contributed by atoms with Crippen molar-refractivity contribution in [2.24, 2.45) is 5.84 Å². The molecule has 0 spiro atoms. The molecule has 0 unspecified atom stereocenters. The number of benzene rings is 1. The second-order valence-electron chi connectivity index (χ2n) is 3.18. The average Bonchev–Trinajstić information content (AvgIpc) is 2.18. The van der Waals surface area contributed by atoms with Crippen LogP contribution in [0.15, 0.2) is 24.3 Å². The number of hydrazine groups is 1. The van der Waals surface area contributed by atoms with Crippen molar-refractivity contribution in [3.8, 4) is 0 Å². The highest BCUT2D eigenvalue weighted by Crippen LogP contribution is 2.33. The molecule has 3 N–H and O–H groups in total. The minimum absolute atomic E-state index is 0.00907. The number of hydrogen-bond acceptors (Lipinski definition) is 2. The molecule has 0 aromatic heterocycles. The summed E-state index contributed by atoms with van der Waals surface area (Å²) in [5.41, 5.74) is 2.86. The first-order chi connectivity index (χ1) is 6.60. The first kappa shape index (κ1) is 10.9. The van der Waals surface area contributed by atoms with E-state index >= 15 is 0 Å². The largest absolute Gasteiger partial charge is 0.324 e. The fourth-order valence-corrected chi connectivity index (χ4v) is 1.29. The number of nitrogens with two attached hydrogens (primary N) is 1. The van der Waals surface area contributed by atoms with Crippen LogP contribution in [0.5, 0.6) is 0 Å². The predicted octanol–water partition coefficient (Wildman–Crippen LogP) is 2.86. The lowest BCUT2D eigenvalue weighted by molar-refractivity contribution is -0.0139. The molecule has 0 atom stereocenters. The molecule has 1 aromatic rings. The molecule has 4 heteroatoms. The van der Waals surface area contributed by atoms with Crippen LogP contribution in [0.2, 0.25) is 0 Å². The van der Waals surface area contributed by atoms with Crippen LogP contribution in [0.3, 0.4) is 0 Å². The van der Waals surface area contributed by atoms with Gasteiger partial charge in [0.2, 0.25) is 0 Å². The first-order valence-electron chi connectivity index (χ1n) is 4.55. The third-order valence-electron chi connectivity index (χ3n) is 2.02. The summed E-state index contributed by atoms with van der Waals surface area (Å²) in [6.45, 7) is 1.74. The zero-order valence-corrected chi connectivity index (χ0v) is 8.06. The maximum Gasteiger partial charge on any atom is 0.273 e. The summed E-state index contributed by atoms with van der Waals surface area (Å²) in [5.74, 6) is 2.38. The summed E-state index contributed by atoms with van der Waals surface area (Å²) in [7, 11) is 0. The highest BCUT2D eigenvalue weighted by atomic mass is 19.3. The fourth-order valence-electron chi connectivity index (χ4n) is 1.29. The molecule has 0 aliphatic carbocycles. The number of halogens is 2. The van der Waals surface area contributed by atoms with E-state index in [0.717, 1.165) is 0 Å². The van der Waals surface area contributed by atoms with E-state index in [-0.39, 0.29) is 12.0 Å². The van der Waals surface area contributed by atoms with Crippen LogP contribution in [-0.2, 0) is 5.92 Å². The van der Waals surface area contributed by atoms with Crippen molar-refractivity contribution >= 4 is 5.69 Å². The van der Waals surface area contributed by atoms with E-state index < -0.39 is 5.92 Å². The van der Waals surface area contributed by atoms with E-state index in [0.29, 0.717) is 12.1 Å². The van der Waals surface area contributed by atoms with Crippen molar-refractivity contribution in [3.05, 3.63) is 29.8 Å². The molecule has 0 aliphatic heterocycles. The minimum Gasteiger partial charge on any atom is -0.324 e. The van der Waals surface area contributed by atoms with E-state index in [2.05, 4.69) is 5.43 Å².